The molecular formula is C20H23BrN4O3S. The van der Waals surface area contributed by atoms with Gasteiger partial charge in [0, 0.05) is 30.7 Å². The summed E-state index contributed by atoms with van der Waals surface area (Å²) in [7, 11) is -3.58. The number of hydrogen-bond donors (Lipinski definition) is 1. The Kier molecular flexibility index (Phi) is 5.89. The number of amides is 1. The lowest BCUT2D eigenvalue weighted by molar-refractivity contribution is 0.102. The molecule has 2 aromatic rings. The molecule has 0 radical (unpaired) electrons. The van der Waals surface area contributed by atoms with Crippen LogP contribution in [0.25, 0.3) is 0 Å². The highest BCUT2D eigenvalue weighted by atomic mass is 79.9. The maximum atomic E-state index is 12.8. The fourth-order valence-electron chi connectivity index (χ4n) is 3.71. The minimum absolute atomic E-state index is 0.134. The van der Waals surface area contributed by atoms with Crippen LogP contribution < -0.4 is 10.2 Å². The van der Waals surface area contributed by atoms with Crippen LogP contribution in [0.4, 0.5) is 11.5 Å². The van der Waals surface area contributed by atoms with E-state index in [-0.39, 0.29) is 16.4 Å². The normalized spacial score (nSPS) is 17.6. The first-order valence-corrected chi connectivity index (χ1v) is 12.0. The van der Waals surface area contributed by atoms with Crippen LogP contribution in [0.5, 0.6) is 0 Å². The third kappa shape index (κ3) is 4.31. The zero-order valence-corrected chi connectivity index (χ0v) is 18.4. The molecule has 2 saturated heterocycles. The van der Waals surface area contributed by atoms with E-state index < -0.39 is 10.0 Å². The molecule has 0 saturated carbocycles. The van der Waals surface area contributed by atoms with E-state index in [2.05, 4.69) is 31.1 Å². The molecule has 0 unspecified atom stereocenters. The molecule has 154 valence electrons. The summed E-state index contributed by atoms with van der Waals surface area (Å²) in [5.74, 6) is 0.520. The van der Waals surface area contributed by atoms with Crippen molar-refractivity contribution in [3.05, 3.63) is 46.6 Å². The van der Waals surface area contributed by atoms with Gasteiger partial charge in [0.05, 0.1) is 22.3 Å². The number of benzene rings is 1. The summed E-state index contributed by atoms with van der Waals surface area (Å²) in [6.07, 6.45) is 5.70. The Labute approximate surface area is 179 Å². The van der Waals surface area contributed by atoms with E-state index >= 15 is 0 Å². The summed E-state index contributed by atoms with van der Waals surface area (Å²) < 4.78 is 27.6. The molecule has 9 heteroatoms. The van der Waals surface area contributed by atoms with Gasteiger partial charge in [-0.15, -0.1) is 0 Å². The number of anilines is 2. The predicted molar refractivity (Wildman–Crippen MR) is 116 cm³/mol. The van der Waals surface area contributed by atoms with Crippen LogP contribution in [-0.4, -0.2) is 49.8 Å². The number of sulfonamides is 1. The first kappa shape index (κ1) is 20.3. The summed E-state index contributed by atoms with van der Waals surface area (Å²) in [5, 5.41) is 2.81. The van der Waals surface area contributed by atoms with Crippen molar-refractivity contribution in [3.63, 3.8) is 0 Å². The second kappa shape index (κ2) is 8.41. The van der Waals surface area contributed by atoms with E-state index in [1.54, 1.807) is 12.3 Å². The molecule has 1 aromatic heterocycles. The number of carbonyl (C=O) groups is 1. The Hall–Kier alpha value is -1.97. The van der Waals surface area contributed by atoms with E-state index in [0.29, 0.717) is 23.2 Å². The van der Waals surface area contributed by atoms with Gasteiger partial charge in [0.1, 0.15) is 5.82 Å². The van der Waals surface area contributed by atoms with Crippen LogP contribution in [0.1, 0.15) is 36.0 Å². The quantitative estimate of drug-likeness (QED) is 0.710. The highest BCUT2D eigenvalue weighted by molar-refractivity contribution is 9.10. The number of carbonyl (C=O) groups excluding carboxylic acids is 1. The molecule has 1 amide bonds. The maximum Gasteiger partial charge on any atom is 0.256 e. The van der Waals surface area contributed by atoms with Gasteiger partial charge in [0.2, 0.25) is 10.0 Å². The van der Waals surface area contributed by atoms with Gasteiger partial charge in [-0.25, -0.2) is 13.4 Å². The predicted octanol–water partition coefficient (Wildman–Crippen LogP) is 3.48. The molecule has 2 aliphatic heterocycles. The number of aromatic nitrogens is 1. The van der Waals surface area contributed by atoms with Crippen LogP contribution in [0.15, 0.2) is 45.9 Å². The van der Waals surface area contributed by atoms with Gasteiger partial charge in [-0.1, -0.05) is 0 Å². The molecule has 0 bridgehead atoms. The molecule has 2 aliphatic rings. The lowest BCUT2D eigenvalue weighted by Gasteiger charge is -2.17. The summed E-state index contributed by atoms with van der Waals surface area (Å²) >= 11 is 3.36. The lowest BCUT2D eigenvalue weighted by Crippen LogP contribution is -2.28. The first-order valence-electron chi connectivity index (χ1n) is 9.77. The minimum atomic E-state index is -3.58. The third-order valence-corrected chi connectivity index (χ3v) is 7.91. The molecule has 0 aliphatic carbocycles. The van der Waals surface area contributed by atoms with Crippen molar-refractivity contribution in [2.24, 2.45) is 0 Å². The SMILES string of the molecule is O=C(Nc1ccc(N2CCCC2)nc1)c1cc(S(=O)(=O)N2CCCC2)ccc1Br. The van der Waals surface area contributed by atoms with Crippen LogP contribution in [0, 0.1) is 0 Å². The number of pyridine rings is 1. The van der Waals surface area contributed by atoms with E-state index in [9.17, 15) is 13.2 Å². The minimum Gasteiger partial charge on any atom is -0.357 e. The van der Waals surface area contributed by atoms with Crippen molar-refractivity contribution in [3.8, 4) is 0 Å². The van der Waals surface area contributed by atoms with Crippen molar-refractivity contribution in [2.75, 3.05) is 36.4 Å². The average Bonchev–Trinajstić information content (AvgIpc) is 3.43. The monoisotopic (exact) mass is 478 g/mol. The van der Waals surface area contributed by atoms with E-state index in [4.69, 9.17) is 0 Å². The number of hydrogen-bond acceptors (Lipinski definition) is 5. The van der Waals surface area contributed by atoms with Crippen LogP contribution in [0.2, 0.25) is 0 Å². The molecule has 1 N–H and O–H groups in total. The summed E-state index contributed by atoms with van der Waals surface area (Å²) in [6.45, 7) is 3.05. The molecule has 0 atom stereocenters. The molecule has 4 rings (SSSR count). The first-order chi connectivity index (χ1) is 13.9. The molecule has 3 heterocycles. The smallest absolute Gasteiger partial charge is 0.256 e. The van der Waals surface area contributed by atoms with Crippen molar-refractivity contribution in [1.29, 1.82) is 0 Å². The van der Waals surface area contributed by atoms with Gasteiger partial charge in [0.15, 0.2) is 0 Å². The molecule has 29 heavy (non-hydrogen) atoms. The number of nitrogens with zero attached hydrogens (tertiary/aromatic N) is 3. The number of nitrogens with one attached hydrogen (secondary N) is 1. The third-order valence-electron chi connectivity index (χ3n) is 5.32. The zero-order valence-electron chi connectivity index (χ0n) is 16.0. The Morgan fingerprint density at radius 1 is 1.00 bits per heavy atom. The van der Waals surface area contributed by atoms with Crippen LogP contribution >= 0.6 is 15.9 Å². The Bertz CT molecular complexity index is 999. The lowest BCUT2D eigenvalue weighted by atomic mass is 10.2. The molecular weight excluding hydrogens is 456 g/mol. The van der Waals surface area contributed by atoms with Crippen LogP contribution in [-0.2, 0) is 10.0 Å². The highest BCUT2D eigenvalue weighted by Gasteiger charge is 2.28. The fourth-order valence-corrected chi connectivity index (χ4v) is 5.68. The summed E-state index contributed by atoms with van der Waals surface area (Å²) in [5.41, 5.74) is 0.839. The Balaban J connectivity index is 1.52. The van der Waals surface area contributed by atoms with Gasteiger partial charge in [-0.05, 0) is 71.9 Å². The summed E-state index contributed by atoms with van der Waals surface area (Å²) in [4.78, 5) is 19.6. The van der Waals surface area contributed by atoms with Crippen molar-refractivity contribution in [2.45, 2.75) is 30.6 Å². The number of halogens is 1. The second-order valence-corrected chi connectivity index (χ2v) is 10.1. The van der Waals surface area contributed by atoms with Gasteiger partial charge >= 0.3 is 0 Å². The topological polar surface area (TPSA) is 82.6 Å². The second-order valence-electron chi connectivity index (χ2n) is 7.31. The fraction of sp³-hybridized carbons (Fsp3) is 0.400. The zero-order chi connectivity index (χ0) is 20.4. The van der Waals surface area contributed by atoms with Gasteiger partial charge in [-0.3, -0.25) is 4.79 Å². The number of rotatable bonds is 5. The highest BCUT2D eigenvalue weighted by Crippen LogP contribution is 2.26. The van der Waals surface area contributed by atoms with Crippen LogP contribution in [0.3, 0.4) is 0 Å². The standard InChI is InChI=1S/C20H23BrN4O3S/c21-18-7-6-16(29(27,28)25-11-3-4-12-25)13-17(18)20(26)23-15-5-8-19(22-14-15)24-9-1-2-10-24/h5-8,13-14H,1-4,9-12H2,(H,23,26). The Morgan fingerprint density at radius 3 is 2.34 bits per heavy atom. The Morgan fingerprint density at radius 2 is 1.69 bits per heavy atom. The molecule has 2 fully saturated rings. The van der Waals surface area contributed by atoms with Crippen molar-refractivity contribution < 1.29 is 13.2 Å². The van der Waals surface area contributed by atoms with Gasteiger partial charge < -0.3 is 10.2 Å². The van der Waals surface area contributed by atoms with E-state index in [1.807, 2.05) is 12.1 Å². The summed E-state index contributed by atoms with van der Waals surface area (Å²) in [6, 6.07) is 8.27. The average molecular weight is 479 g/mol. The van der Waals surface area contributed by atoms with E-state index in [0.717, 1.165) is 31.7 Å². The maximum absolute atomic E-state index is 12.8. The van der Waals surface area contributed by atoms with Crippen molar-refractivity contribution >= 4 is 43.4 Å². The molecule has 7 nitrogen and oxygen atoms in total. The molecule has 0 spiro atoms. The largest absolute Gasteiger partial charge is 0.357 e. The van der Waals surface area contributed by atoms with Crippen molar-refractivity contribution in [1.82, 2.24) is 9.29 Å². The molecule has 1 aromatic carbocycles. The van der Waals surface area contributed by atoms with Gasteiger partial charge in [0.25, 0.3) is 5.91 Å². The van der Waals surface area contributed by atoms with Gasteiger partial charge in [-0.2, -0.15) is 4.31 Å². The van der Waals surface area contributed by atoms with E-state index in [1.165, 1.54) is 29.3 Å².